The largest absolute Gasteiger partial charge is 0.311 e. The van der Waals surface area contributed by atoms with Gasteiger partial charge in [-0.15, -0.1) is 0 Å². The van der Waals surface area contributed by atoms with E-state index >= 15 is 0 Å². The van der Waals surface area contributed by atoms with E-state index in [1.807, 2.05) is 0 Å². The average molecular weight is 335 g/mol. The van der Waals surface area contributed by atoms with E-state index in [9.17, 15) is 0 Å². The third-order valence-corrected chi connectivity index (χ3v) is 7.21. The van der Waals surface area contributed by atoms with Gasteiger partial charge in [0.1, 0.15) is 0 Å². The SMILES string of the molecule is CN1C2CCCCCCCCC(CC2)NC2CCCCCCC1C2. The standard InChI is InChI=1S/C22H42N2/c1-24-21-14-10-5-3-2-4-8-12-19(16-17-21)23-20-13-9-6-7-11-15-22(24)18-20/h19-23H,2-18H2,1H3. The van der Waals surface area contributed by atoms with Crippen LogP contribution in [0, 0.1) is 0 Å². The Morgan fingerprint density at radius 2 is 1.08 bits per heavy atom. The first-order chi connectivity index (χ1) is 11.8. The van der Waals surface area contributed by atoms with Gasteiger partial charge in [0.05, 0.1) is 0 Å². The second-order valence-electron chi connectivity index (χ2n) is 9.04. The second kappa shape index (κ2) is 10.2. The molecule has 1 saturated heterocycles. The number of nitrogens with one attached hydrogen (secondary N) is 1. The van der Waals surface area contributed by atoms with Gasteiger partial charge in [-0.1, -0.05) is 64.2 Å². The van der Waals surface area contributed by atoms with Crippen LogP contribution in [0.5, 0.6) is 0 Å². The molecular weight excluding hydrogens is 292 g/mol. The first kappa shape index (κ1) is 18.7. The molecule has 24 heavy (non-hydrogen) atoms. The lowest BCUT2D eigenvalue weighted by Gasteiger charge is -2.36. The summed E-state index contributed by atoms with van der Waals surface area (Å²) < 4.78 is 0. The molecule has 2 aliphatic carbocycles. The van der Waals surface area contributed by atoms with Crippen molar-refractivity contribution in [3.8, 4) is 0 Å². The molecule has 0 aromatic heterocycles. The summed E-state index contributed by atoms with van der Waals surface area (Å²) in [5.74, 6) is 0. The first-order valence-electron chi connectivity index (χ1n) is 11.3. The maximum atomic E-state index is 4.16. The molecule has 3 aliphatic rings. The van der Waals surface area contributed by atoms with Gasteiger partial charge in [0.2, 0.25) is 0 Å². The topological polar surface area (TPSA) is 15.3 Å². The van der Waals surface area contributed by atoms with Crippen LogP contribution >= 0.6 is 0 Å². The summed E-state index contributed by atoms with van der Waals surface area (Å²) in [6, 6.07) is 3.25. The van der Waals surface area contributed by atoms with Gasteiger partial charge in [-0.05, 0) is 52.0 Å². The summed E-state index contributed by atoms with van der Waals surface area (Å²) in [7, 11) is 2.47. The molecule has 140 valence electrons. The Bertz CT molecular complexity index is 343. The van der Waals surface area contributed by atoms with E-state index in [0.717, 1.165) is 24.2 Å². The molecule has 4 bridgehead atoms. The Kier molecular flexibility index (Phi) is 7.92. The van der Waals surface area contributed by atoms with Crippen LogP contribution in [0.1, 0.15) is 109 Å². The van der Waals surface area contributed by atoms with Crippen molar-refractivity contribution >= 4 is 0 Å². The zero-order valence-corrected chi connectivity index (χ0v) is 16.3. The van der Waals surface area contributed by atoms with Crippen LogP contribution in [0.2, 0.25) is 0 Å². The molecular formula is C22H42N2. The molecule has 0 aromatic rings. The van der Waals surface area contributed by atoms with Crippen molar-refractivity contribution in [3.63, 3.8) is 0 Å². The summed E-state index contributed by atoms with van der Waals surface area (Å²) in [5, 5.41) is 4.16. The average Bonchev–Trinajstić information content (AvgIpc) is 2.71. The molecule has 1 aliphatic heterocycles. The molecule has 4 atom stereocenters. The maximum Gasteiger partial charge on any atom is 0.0110 e. The van der Waals surface area contributed by atoms with Crippen molar-refractivity contribution in [3.05, 3.63) is 0 Å². The quantitative estimate of drug-likeness (QED) is 0.615. The summed E-state index contributed by atoms with van der Waals surface area (Å²) >= 11 is 0. The first-order valence-corrected chi connectivity index (χ1v) is 11.3. The summed E-state index contributed by atoms with van der Waals surface area (Å²) in [4.78, 5) is 2.84. The van der Waals surface area contributed by atoms with Gasteiger partial charge in [-0.2, -0.15) is 0 Å². The predicted molar refractivity (Wildman–Crippen MR) is 105 cm³/mol. The third kappa shape index (κ3) is 5.73. The van der Waals surface area contributed by atoms with Crippen LogP contribution < -0.4 is 5.32 Å². The molecule has 2 nitrogen and oxygen atoms in total. The summed E-state index contributed by atoms with van der Waals surface area (Å²) in [5.41, 5.74) is 0. The molecule has 0 spiro atoms. The van der Waals surface area contributed by atoms with Gasteiger partial charge in [0.15, 0.2) is 0 Å². The van der Waals surface area contributed by atoms with E-state index in [4.69, 9.17) is 0 Å². The fourth-order valence-electron chi connectivity index (χ4n) is 5.58. The lowest BCUT2D eigenvalue weighted by molar-refractivity contribution is 0.134. The second-order valence-corrected chi connectivity index (χ2v) is 9.04. The van der Waals surface area contributed by atoms with Gasteiger partial charge < -0.3 is 10.2 Å². The van der Waals surface area contributed by atoms with Gasteiger partial charge in [-0.25, -0.2) is 0 Å². The molecule has 0 amide bonds. The van der Waals surface area contributed by atoms with Crippen LogP contribution in [0.4, 0.5) is 0 Å². The number of rotatable bonds is 0. The molecule has 1 heterocycles. The predicted octanol–water partition coefficient (Wildman–Crippen LogP) is 5.65. The van der Waals surface area contributed by atoms with Crippen LogP contribution in [-0.4, -0.2) is 36.1 Å². The number of nitrogens with zero attached hydrogens (tertiary/aromatic N) is 1. The van der Waals surface area contributed by atoms with Crippen LogP contribution in [0.25, 0.3) is 0 Å². The van der Waals surface area contributed by atoms with Gasteiger partial charge in [-0.3, -0.25) is 0 Å². The van der Waals surface area contributed by atoms with Crippen molar-refractivity contribution in [2.75, 3.05) is 7.05 Å². The summed E-state index contributed by atoms with van der Waals surface area (Å²) in [6.07, 6.45) is 24.6. The zero-order valence-electron chi connectivity index (χ0n) is 16.3. The van der Waals surface area contributed by atoms with Crippen molar-refractivity contribution in [1.82, 2.24) is 10.2 Å². The normalized spacial score (nSPS) is 38.4. The van der Waals surface area contributed by atoms with Crippen molar-refractivity contribution in [1.29, 1.82) is 0 Å². The number of hydrogen-bond donors (Lipinski definition) is 1. The number of fused-ring (bicyclic) bond motifs is 5. The van der Waals surface area contributed by atoms with Crippen molar-refractivity contribution in [2.24, 2.45) is 0 Å². The van der Waals surface area contributed by atoms with Crippen LogP contribution in [0.15, 0.2) is 0 Å². The Balaban J connectivity index is 1.75. The molecule has 0 radical (unpaired) electrons. The highest BCUT2D eigenvalue weighted by Crippen LogP contribution is 2.29. The van der Waals surface area contributed by atoms with Gasteiger partial charge in [0.25, 0.3) is 0 Å². The molecule has 3 fully saturated rings. The van der Waals surface area contributed by atoms with E-state index in [1.54, 1.807) is 0 Å². The Morgan fingerprint density at radius 3 is 1.79 bits per heavy atom. The Labute approximate surface area is 151 Å². The highest BCUT2D eigenvalue weighted by atomic mass is 15.2. The van der Waals surface area contributed by atoms with Gasteiger partial charge in [0, 0.05) is 24.2 Å². The molecule has 2 saturated carbocycles. The summed E-state index contributed by atoms with van der Waals surface area (Å²) in [6.45, 7) is 0. The highest BCUT2D eigenvalue weighted by molar-refractivity contribution is 4.88. The molecule has 3 rings (SSSR count). The van der Waals surface area contributed by atoms with Crippen molar-refractivity contribution in [2.45, 2.75) is 133 Å². The molecule has 0 aromatic carbocycles. The molecule has 2 heteroatoms. The van der Waals surface area contributed by atoms with E-state index < -0.39 is 0 Å². The number of hydrogen-bond acceptors (Lipinski definition) is 2. The van der Waals surface area contributed by atoms with Gasteiger partial charge >= 0.3 is 0 Å². The van der Waals surface area contributed by atoms with Crippen molar-refractivity contribution < 1.29 is 0 Å². The molecule has 1 N–H and O–H groups in total. The van der Waals surface area contributed by atoms with Crippen LogP contribution in [-0.2, 0) is 0 Å². The fourth-order valence-corrected chi connectivity index (χ4v) is 5.58. The lowest BCUT2D eigenvalue weighted by Crippen LogP contribution is -2.43. The minimum Gasteiger partial charge on any atom is -0.311 e. The minimum absolute atomic E-state index is 0.782. The maximum absolute atomic E-state index is 4.16. The minimum atomic E-state index is 0.782. The van der Waals surface area contributed by atoms with E-state index in [2.05, 4.69) is 17.3 Å². The van der Waals surface area contributed by atoms with E-state index in [0.29, 0.717) is 0 Å². The fraction of sp³-hybridized carbons (Fsp3) is 1.00. The molecule has 4 unspecified atom stereocenters. The smallest absolute Gasteiger partial charge is 0.0110 e. The van der Waals surface area contributed by atoms with E-state index in [1.165, 1.54) is 109 Å². The monoisotopic (exact) mass is 334 g/mol. The Hall–Kier alpha value is -0.0800. The van der Waals surface area contributed by atoms with Crippen LogP contribution in [0.3, 0.4) is 0 Å². The van der Waals surface area contributed by atoms with E-state index in [-0.39, 0.29) is 0 Å². The Morgan fingerprint density at radius 1 is 0.542 bits per heavy atom. The third-order valence-electron chi connectivity index (χ3n) is 7.21. The lowest BCUT2D eigenvalue weighted by atomic mass is 9.94. The highest BCUT2D eigenvalue weighted by Gasteiger charge is 2.29. The zero-order chi connectivity index (χ0) is 16.6.